The van der Waals surface area contributed by atoms with Gasteiger partial charge in [-0.3, -0.25) is 4.79 Å². The predicted molar refractivity (Wildman–Crippen MR) is 72.4 cm³/mol. The third-order valence-corrected chi connectivity index (χ3v) is 4.23. The van der Waals surface area contributed by atoms with Gasteiger partial charge in [0.25, 0.3) is 5.91 Å². The van der Waals surface area contributed by atoms with Gasteiger partial charge in [-0.25, -0.2) is 0 Å². The maximum Gasteiger partial charge on any atom is 0.251 e. The molecule has 1 amide bonds. The van der Waals surface area contributed by atoms with Crippen molar-refractivity contribution in [1.29, 1.82) is 5.26 Å². The molecule has 0 unspecified atom stereocenters. The average molecular weight is 254 g/mol. The fourth-order valence-corrected chi connectivity index (χ4v) is 2.78. The van der Waals surface area contributed by atoms with Crippen LogP contribution in [0.2, 0.25) is 0 Å². The van der Waals surface area contributed by atoms with Crippen LogP contribution in [0.5, 0.6) is 0 Å². The first-order valence-corrected chi connectivity index (χ1v) is 7.06. The van der Waals surface area contributed by atoms with E-state index in [-0.39, 0.29) is 5.91 Å². The number of nitrogens with zero attached hydrogens (tertiary/aromatic N) is 1. The molecule has 1 N–H and O–H groups in total. The maximum absolute atomic E-state index is 12.0. The molecule has 0 heterocycles. The van der Waals surface area contributed by atoms with Crippen LogP contribution < -0.4 is 5.32 Å². The molecule has 0 bridgehead atoms. The summed E-state index contributed by atoms with van der Waals surface area (Å²) in [5.41, 5.74) is 1.23. The van der Waals surface area contributed by atoms with E-state index in [2.05, 4.69) is 11.4 Å². The number of carbonyl (C=O) groups is 1. The molecule has 2 aliphatic rings. The number of rotatable bonds is 5. The van der Waals surface area contributed by atoms with E-state index in [9.17, 15) is 4.79 Å². The van der Waals surface area contributed by atoms with Crippen molar-refractivity contribution in [3.05, 3.63) is 35.4 Å². The van der Waals surface area contributed by atoms with Gasteiger partial charge in [-0.05, 0) is 67.7 Å². The summed E-state index contributed by atoms with van der Waals surface area (Å²) in [6, 6.07) is 8.87. The van der Waals surface area contributed by atoms with Crippen LogP contribution in [0.4, 0.5) is 0 Å². The number of carbonyl (C=O) groups excluding carboxylic acids is 1. The van der Waals surface area contributed by atoms with Gasteiger partial charge in [0.1, 0.15) is 0 Å². The Labute approximate surface area is 113 Å². The van der Waals surface area contributed by atoms with Crippen LogP contribution in [0, 0.1) is 29.1 Å². The molecule has 0 saturated heterocycles. The highest BCUT2D eigenvalue weighted by molar-refractivity contribution is 5.94. The number of benzene rings is 1. The van der Waals surface area contributed by atoms with E-state index < -0.39 is 0 Å². The Hall–Kier alpha value is -1.82. The molecule has 3 rings (SSSR count). The Morgan fingerprint density at radius 3 is 2.26 bits per heavy atom. The topological polar surface area (TPSA) is 52.9 Å². The van der Waals surface area contributed by atoms with Crippen LogP contribution in [0.25, 0.3) is 0 Å². The van der Waals surface area contributed by atoms with Gasteiger partial charge in [-0.15, -0.1) is 0 Å². The van der Waals surface area contributed by atoms with Crippen LogP contribution in [0.15, 0.2) is 24.3 Å². The minimum Gasteiger partial charge on any atom is -0.352 e. The van der Waals surface area contributed by atoms with Gasteiger partial charge in [0.15, 0.2) is 0 Å². The zero-order chi connectivity index (χ0) is 13.2. The molecule has 0 aromatic heterocycles. The van der Waals surface area contributed by atoms with Crippen molar-refractivity contribution in [2.24, 2.45) is 17.8 Å². The minimum absolute atomic E-state index is 0.0178. The van der Waals surface area contributed by atoms with Gasteiger partial charge in [0.05, 0.1) is 11.6 Å². The van der Waals surface area contributed by atoms with E-state index in [0.29, 0.717) is 17.0 Å². The molecule has 2 aliphatic carbocycles. The molecule has 1 aromatic rings. The molecule has 19 heavy (non-hydrogen) atoms. The lowest BCUT2D eigenvalue weighted by atomic mass is 9.98. The molecule has 0 radical (unpaired) electrons. The molecule has 0 aliphatic heterocycles. The molecule has 0 spiro atoms. The van der Waals surface area contributed by atoms with Crippen LogP contribution in [0.3, 0.4) is 0 Å². The third-order valence-electron chi connectivity index (χ3n) is 4.23. The lowest BCUT2D eigenvalue weighted by molar-refractivity contribution is 0.0943. The fourth-order valence-electron chi connectivity index (χ4n) is 2.78. The second kappa shape index (κ2) is 5.05. The van der Waals surface area contributed by atoms with Gasteiger partial charge in [-0.2, -0.15) is 5.26 Å². The summed E-state index contributed by atoms with van der Waals surface area (Å²) in [5.74, 6) is 2.39. The molecule has 3 heteroatoms. The largest absolute Gasteiger partial charge is 0.352 e. The number of hydrogen-bond donors (Lipinski definition) is 1. The summed E-state index contributed by atoms with van der Waals surface area (Å²) in [6.45, 7) is 0.814. The lowest BCUT2D eigenvalue weighted by Gasteiger charge is -2.16. The summed E-state index contributed by atoms with van der Waals surface area (Å²) in [6.07, 6.45) is 5.36. The Morgan fingerprint density at radius 1 is 1.21 bits per heavy atom. The molecule has 98 valence electrons. The summed E-state index contributed by atoms with van der Waals surface area (Å²) >= 11 is 0. The molecular formula is C16H18N2O. The normalized spacial score (nSPS) is 18.1. The minimum atomic E-state index is -0.0178. The van der Waals surface area contributed by atoms with E-state index in [1.807, 2.05) is 0 Å². The van der Waals surface area contributed by atoms with Crippen molar-refractivity contribution in [2.45, 2.75) is 25.7 Å². The summed E-state index contributed by atoms with van der Waals surface area (Å²) in [5, 5.41) is 11.8. The van der Waals surface area contributed by atoms with E-state index >= 15 is 0 Å². The molecule has 3 nitrogen and oxygen atoms in total. The van der Waals surface area contributed by atoms with Crippen LogP contribution in [-0.4, -0.2) is 12.5 Å². The zero-order valence-electron chi connectivity index (χ0n) is 10.9. The molecule has 0 atom stereocenters. The fraction of sp³-hybridized carbons (Fsp3) is 0.500. The summed E-state index contributed by atoms with van der Waals surface area (Å²) in [4.78, 5) is 12.0. The smallest absolute Gasteiger partial charge is 0.251 e. The van der Waals surface area contributed by atoms with Crippen LogP contribution in [0.1, 0.15) is 41.6 Å². The van der Waals surface area contributed by atoms with Crippen molar-refractivity contribution in [3.63, 3.8) is 0 Å². The second-order valence-electron chi connectivity index (χ2n) is 5.74. The zero-order valence-corrected chi connectivity index (χ0v) is 10.9. The third kappa shape index (κ3) is 2.96. The molecule has 1 aromatic carbocycles. The van der Waals surface area contributed by atoms with Crippen molar-refractivity contribution in [3.8, 4) is 6.07 Å². The van der Waals surface area contributed by atoms with Crippen molar-refractivity contribution in [2.75, 3.05) is 6.54 Å². The van der Waals surface area contributed by atoms with Crippen molar-refractivity contribution < 1.29 is 4.79 Å². The monoisotopic (exact) mass is 254 g/mol. The van der Waals surface area contributed by atoms with Crippen LogP contribution >= 0.6 is 0 Å². The van der Waals surface area contributed by atoms with Gasteiger partial charge >= 0.3 is 0 Å². The van der Waals surface area contributed by atoms with Gasteiger partial charge in [-0.1, -0.05) is 0 Å². The highest BCUT2D eigenvalue weighted by Gasteiger charge is 2.41. The number of amides is 1. The van der Waals surface area contributed by atoms with E-state index in [4.69, 9.17) is 5.26 Å². The standard InChI is InChI=1S/C16H18N2O/c17-9-11-1-3-14(4-2-11)16(19)18-10-15(12-5-6-12)13-7-8-13/h1-4,12-13,15H,5-8,10H2,(H,18,19). The summed E-state index contributed by atoms with van der Waals surface area (Å²) < 4.78 is 0. The average Bonchev–Trinajstić information content (AvgIpc) is 3.31. The molecule has 2 saturated carbocycles. The quantitative estimate of drug-likeness (QED) is 0.878. The van der Waals surface area contributed by atoms with Gasteiger partial charge in [0, 0.05) is 12.1 Å². The predicted octanol–water partition coefficient (Wildman–Crippen LogP) is 2.72. The van der Waals surface area contributed by atoms with E-state index in [1.165, 1.54) is 25.7 Å². The number of nitrogens with one attached hydrogen (secondary N) is 1. The van der Waals surface area contributed by atoms with Crippen molar-refractivity contribution >= 4 is 5.91 Å². The first kappa shape index (κ1) is 12.2. The lowest BCUT2D eigenvalue weighted by Crippen LogP contribution is -2.31. The SMILES string of the molecule is N#Cc1ccc(C(=O)NCC(C2CC2)C2CC2)cc1. The highest BCUT2D eigenvalue weighted by Crippen LogP contribution is 2.48. The number of hydrogen-bond acceptors (Lipinski definition) is 2. The van der Waals surface area contributed by atoms with Gasteiger partial charge < -0.3 is 5.32 Å². The molecular weight excluding hydrogens is 236 g/mol. The Morgan fingerprint density at radius 2 is 1.79 bits per heavy atom. The highest BCUT2D eigenvalue weighted by atomic mass is 16.1. The Kier molecular flexibility index (Phi) is 3.25. The first-order valence-electron chi connectivity index (χ1n) is 7.06. The van der Waals surface area contributed by atoms with Crippen LogP contribution in [-0.2, 0) is 0 Å². The van der Waals surface area contributed by atoms with E-state index in [1.54, 1.807) is 24.3 Å². The number of nitriles is 1. The first-order chi connectivity index (χ1) is 9.28. The van der Waals surface area contributed by atoms with Crippen molar-refractivity contribution in [1.82, 2.24) is 5.32 Å². The van der Waals surface area contributed by atoms with E-state index in [0.717, 1.165) is 18.4 Å². The summed E-state index contributed by atoms with van der Waals surface area (Å²) in [7, 11) is 0. The Balaban J connectivity index is 1.56. The maximum atomic E-state index is 12.0. The second-order valence-corrected chi connectivity index (χ2v) is 5.74. The molecule has 2 fully saturated rings. The van der Waals surface area contributed by atoms with Gasteiger partial charge in [0.2, 0.25) is 0 Å². The Bertz CT molecular complexity index is 495.